The van der Waals surface area contributed by atoms with Gasteiger partial charge in [-0.05, 0) is 189 Å². The number of rotatable bonds is 6. The number of fused-ring (bicyclic) bond motifs is 5. The molecule has 0 radical (unpaired) electrons. The van der Waals surface area contributed by atoms with Crippen LogP contribution in [0.15, 0.2) is 271 Å². The third-order valence-electron chi connectivity index (χ3n) is 16.9. The Morgan fingerprint density at radius 2 is 0.481 bits per heavy atom. The van der Waals surface area contributed by atoms with Crippen molar-refractivity contribution in [3.8, 4) is 66.8 Å². The zero-order valence-corrected chi connectivity index (χ0v) is 41.8. The number of hydrogen-bond donors (Lipinski definition) is 0. The van der Waals surface area contributed by atoms with Gasteiger partial charge in [0.1, 0.15) is 11.2 Å². The highest BCUT2D eigenvalue weighted by Gasteiger charge is 2.20. The van der Waals surface area contributed by atoms with Crippen LogP contribution in [0.5, 0.6) is 0 Å². The Morgan fingerprint density at radius 1 is 0.169 bits per heavy atom. The molecule has 0 atom stereocenters. The molecule has 17 aromatic rings. The lowest BCUT2D eigenvalue weighted by molar-refractivity contribution is 0.670. The molecule has 0 bridgehead atoms. The molecule has 0 fully saturated rings. The maximum absolute atomic E-state index is 6.84. The van der Waals surface area contributed by atoms with Gasteiger partial charge in [0.25, 0.3) is 0 Å². The van der Waals surface area contributed by atoms with Crippen molar-refractivity contribution in [3.05, 3.63) is 267 Å². The molecule has 1 nitrogen and oxygen atoms in total. The highest BCUT2D eigenvalue weighted by atomic mass is 16.3. The van der Waals surface area contributed by atoms with Crippen LogP contribution in [0.25, 0.3) is 175 Å². The van der Waals surface area contributed by atoms with E-state index in [2.05, 4.69) is 267 Å². The zero-order chi connectivity index (χ0) is 50.3. The molecule has 0 aliphatic rings. The van der Waals surface area contributed by atoms with Gasteiger partial charge < -0.3 is 4.42 Å². The van der Waals surface area contributed by atoms with E-state index in [-0.39, 0.29) is 0 Å². The van der Waals surface area contributed by atoms with Gasteiger partial charge in [-0.3, -0.25) is 0 Å². The van der Waals surface area contributed by atoms with Crippen LogP contribution in [-0.2, 0) is 0 Å². The van der Waals surface area contributed by atoms with Crippen molar-refractivity contribution in [1.29, 1.82) is 0 Å². The van der Waals surface area contributed by atoms with Gasteiger partial charge in [0.05, 0.1) is 0 Å². The summed E-state index contributed by atoms with van der Waals surface area (Å²) in [6.45, 7) is 0. The van der Waals surface area contributed by atoms with Crippen LogP contribution in [0.1, 0.15) is 0 Å². The molecular weight excluding hydrogens is 929 g/mol. The SMILES string of the molecule is c1ccc(-c2ccc3ccc4c(-c5cccc(-c6ccc(-c7cccc(-c8ccc9ccc%10c(-c%11ccccc%11)ccc%11ccc8c9c%11%10)c7)c7cc8c(cc67)oc6cc7ccccc7cc68)c5)ccc5ccc2c3c54)cc1. The first-order valence-electron chi connectivity index (χ1n) is 26.7. The van der Waals surface area contributed by atoms with E-state index in [9.17, 15) is 0 Å². The number of hydrogen-bond acceptors (Lipinski definition) is 1. The molecule has 1 aromatic heterocycles. The van der Waals surface area contributed by atoms with E-state index in [1.54, 1.807) is 0 Å². The van der Waals surface area contributed by atoms with Crippen LogP contribution >= 0.6 is 0 Å². The number of furan rings is 1. The Morgan fingerprint density at radius 3 is 0.922 bits per heavy atom. The lowest BCUT2D eigenvalue weighted by Gasteiger charge is -2.18. The Hall–Kier alpha value is -10.1. The second-order valence-corrected chi connectivity index (χ2v) is 21.0. The Balaban J connectivity index is 0.846. The number of benzene rings is 16. The largest absolute Gasteiger partial charge is 0.456 e. The first-order chi connectivity index (χ1) is 38.1. The topological polar surface area (TPSA) is 13.1 Å². The summed E-state index contributed by atoms with van der Waals surface area (Å²) in [6, 6.07) is 99.3. The summed E-state index contributed by atoms with van der Waals surface area (Å²) in [5.74, 6) is 0. The van der Waals surface area contributed by atoms with Crippen LogP contribution < -0.4 is 0 Å². The Labute approximate surface area is 443 Å². The van der Waals surface area contributed by atoms with Crippen molar-refractivity contribution in [3.63, 3.8) is 0 Å². The van der Waals surface area contributed by atoms with E-state index in [4.69, 9.17) is 4.42 Å². The van der Waals surface area contributed by atoms with Gasteiger partial charge in [0, 0.05) is 10.8 Å². The molecular formula is C76H44O. The smallest absolute Gasteiger partial charge is 0.136 e. The third-order valence-corrected chi connectivity index (χ3v) is 16.9. The molecule has 16 aromatic carbocycles. The minimum atomic E-state index is 0.886. The minimum Gasteiger partial charge on any atom is -0.456 e. The van der Waals surface area contributed by atoms with Crippen molar-refractivity contribution in [2.24, 2.45) is 0 Å². The van der Waals surface area contributed by atoms with Crippen LogP contribution in [0.2, 0.25) is 0 Å². The van der Waals surface area contributed by atoms with E-state index in [0.29, 0.717) is 0 Å². The van der Waals surface area contributed by atoms with E-state index in [1.165, 1.54) is 142 Å². The normalized spacial score (nSPS) is 12.2. The summed E-state index contributed by atoms with van der Waals surface area (Å²) in [7, 11) is 0. The minimum absolute atomic E-state index is 0.886. The fourth-order valence-corrected chi connectivity index (χ4v) is 13.4. The maximum atomic E-state index is 6.84. The molecule has 17 rings (SSSR count). The summed E-state index contributed by atoms with van der Waals surface area (Å²) in [5.41, 5.74) is 16.3. The summed E-state index contributed by atoms with van der Waals surface area (Å²) >= 11 is 0. The molecule has 1 heterocycles. The second kappa shape index (κ2) is 16.2. The first-order valence-corrected chi connectivity index (χ1v) is 26.7. The van der Waals surface area contributed by atoms with Gasteiger partial charge in [-0.25, -0.2) is 0 Å². The van der Waals surface area contributed by atoms with E-state index < -0.39 is 0 Å². The third kappa shape index (κ3) is 6.35. The molecule has 0 amide bonds. The first kappa shape index (κ1) is 42.3. The molecule has 0 aliphatic heterocycles. The highest BCUT2D eigenvalue weighted by Crippen LogP contribution is 2.47. The fraction of sp³-hybridized carbons (Fsp3) is 0. The highest BCUT2D eigenvalue weighted by molar-refractivity contribution is 6.29. The summed E-state index contributed by atoms with van der Waals surface area (Å²) in [4.78, 5) is 0. The zero-order valence-electron chi connectivity index (χ0n) is 41.8. The average molecular weight is 973 g/mol. The van der Waals surface area contributed by atoms with Gasteiger partial charge in [-0.2, -0.15) is 0 Å². The van der Waals surface area contributed by atoms with Crippen LogP contribution in [0.4, 0.5) is 0 Å². The van der Waals surface area contributed by atoms with Crippen molar-refractivity contribution in [1.82, 2.24) is 0 Å². The van der Waals surface area contributed by atoms with Gasteiger partial charge in [0.15, 0.2) is 0 Å². The van der Waals surface area contributed by atoms with E-state index in [0.717, 1.165) is 32.9 Å². The predicted molar refractivity (Wildman–Crippen MR) is 329 cm³/mol. The van der Waals surface area contributed by atoms with E-state index in [1.807, 2.05) is 0 Å². The molecule has 1 heteroatoms. The second-order valence-electron chi connectivity index (χ2n) is 21.0. The summed E-state index contributed by atoms with van der Waals surface area (Å²) < 4.78 is 6.84. The molecule has 0 N–H and O–H groups in total. The van der Waals surface area contributed by atoms with Crippen molar-refractivity contribution in [2.75, 3.05) is 0 Å². The van der Waals surface area contributed by atoms with Gasteiger partial charge in [-0.1, -0.05) is 231 Å². The summed E-state index contributed by atoms with van der Waals surface area (Å²) in [6.07, 6.45) is 0. The standard InChI is InChI=1S/C76H44O/c1-3-11-45(12-4-1)57-29-21-47-27-35-65-59(31-23-49-25-33-63(57)73(47)75(49)65)53-17-9-19-55(39-53)61-37-38-62(68-44-72-70(43-67(61)68)69-41-51-15-7-8-16-52(51)42-71(69)77-72)56-20-10-18-54(40-56)60-32-24-50-26-34-64-58(46-13-5-2-6-14-46)30-22-48-28-36-66(60)76(50)74(48)64/h1-44H. The molecule has 0 spiro atoms. The van der Waals surface area contributed by atoms with Crippen molar-refractivity contribution < 1.29 is 4.42 Å². The lowest BCUT2D eigenvalue weighted by Crippen LogP contribution is -1.91. The molecule has 354 valence electrons. The molecule has 77 heavy (non-hydrogen) atoms. The van der Waals surface area contributed by atoms with Gasteiger partial charge in [0.2, 0.25) is 0 Å². The molecule has 0 unspecified atom stereocenters. The fourth-order valence-electron chi connectivity index (χ4n) is 13.4. The van der Waals surface area contributed by atoms with Crippen LogP contribution in [0.3, 0.4) is 0 Å². The lowest BCUT2D eigenvalue weighted by atomic mass is 9.86. The summed E-state index contributed by atoms with van der Waals surface area (Å²) in [5, 5.41) is 22.4. The molecule has 0 saturated heterocycles. The van der Waals surface area contributed by atoms with Gasteiger partial charge >= 0.3 is 0 Å². The maximum Gasteiger partial charge on any atom is 0.136 e. The van der Waals surface area contributed by atoms with Gasteiger partial charge in [-0.15, -0.1) is 0 Å². The molecule has 0 aliphatic carbocycles. The van der Waals surface area contributed by atoms with E-state index >= 15 is 0 Å². The monoisotopic (exact) mass is 972 g/mol. The van der Waals surface area contributed by atoms with Crippen LogP contribution in [0, 0.1) is 0 Å². The molecule has 0 saturated carbocycles. The predicted octanol–water partition coefficient (Wildman–Crippen LogP) is 21.7. The van der Waals surface area contributed by atoms with Crippen LogP contribution in [-0.4, -0.2) is 0 Å². The Bertz CT molecular complexity index is 5250. The van der Waals surface area contributed by atoms with Crippen molar-refractivity contribution >= 4 is 108 Å². The van der Waals surface area contributed by atoms with Crippen molar-refractivity contribution in [2.45, 2.75) is 0 Å². The Kier molecular flexibility index (Phi) is 8.90. The quantitative estimate of drug-likeness (QED) is 0.151. The average Bonchev–Trinajstić information content (AvgIpc) is 3.86.